The van der Waals surface area contributed by atoms with E-state index in [1.54, 1.807) is 7.05 Å². The van der Waals surface area contributed by atoms with E-state index < -0.39 is 10.0 Å². The molecule has 1 rings (SSSR count). The molecular weight excluding hydrogens is 415 g/mol. The van der Waals surface area contributed by atoms with Crippen LogP contribution in [-0.4, -0.2) is 47.3 Å². The van der Waals surface area contributed by atoms with Crippen LogP contribution in [0.15, 0.2) is 4.99 Å². The molecule has 3 N–H and O–H groups in total. The Hall–Kier alpha value is -0.0900. The molecule has 0 spiro atoms. The van der Waals surface area contributed by atoms with Gasteiger partial charge in [-0.25, -0.2) is 13.1 Å². The van der Waals surface area contributed by atoms with Crippen molar-refractivity contribution in [3.05, 3.63) is 0 Å². The van der Waals surface area contributed by atoms with Crippen molar-refractivity contribution in [3.8, 4) is 0 Å². The van der Waals surface area contributed by atoms with Crippen molar-refractivity contribution in [2.75, 3.05) is 32.9 Å². The number of nitrogens with one attached hydrogen (secondary N) is 3. The second kappa shape index (κ2) is 11.4. The summed E-state index contributed by atoms with van der Waals surface area (Å²) in [6.07, 6.45) is 7.75. The molecule has 6 nitrogen and oxygen atoms in total. The highest BCUT2D eigenvalue weighted by Crippen LogP contribution is 2.30. The molecule has 0 heterocycles. The van der Waals surface area contributed by atoms with Crippen LogP contribution in [0, 0.1) is 11.8 Å². The van der Waals surface area contributed by atoms with E-state index in [0.29, 0.717) is 13.1 Å². The van der Waals surface area contributed by atoms with Crippen LogP contribution in [0.3, 0.4) is 0 Å². The summed E-state index contributed by atoms with van der Waals surface area (Å²) < 4.78 is 24.3. The fourth-order valence-electron chi connectivity index (χ4n) is 2.85. The predicted octanol–water partition coefficient (Wildman–Crippen LogP) is 1.53. The van der Waals surface area contributed by atoms with Crippen LogP contribution in [0.1, 0.15) is 39.0 Å². The fraction of sp³-hybridized carbons (Fsp3) is 0.929. The molecule has 0 amide bonds. The molecule has 0 radical (unpaired) electrons. The van der Waals surface area contributed by atoms with E-state index >= 15 is 0 Å². The summed E-state index contributed by atoms with van der Waals surface area (Å²) in [6.45, 7) is 4.14. The first-order valence-corrected chi connectivity index (χ1v) is 9.69. The number of hydrogen-bond donors (Lipinski definition) is 3. The first-order valence-electron chi connectivity index (χ1n) is 7.80. The quantitative estimate of drug-likeness (QED) is 0.240. The van der Waals surface area contributed by atoms with Gasteiger partial charge in [-0.1, -0.05) is 26.2 Å². The van der Waals surface area contributed by atoms with Gasteiger partial charge in [-0.3, -0.25) is 4.99 Å². The van der Waals surface area contributed by atoms with Gasteiger partial charge in [0.25, 0.3) is 0 Å². The molecule has 1 fully saturated rings. The third-order valence-electron chi connectivity index (χ3n) is 3.90. The van der Waals surface area contributed by atoms with Gasteiger partial charge in [-0.2, -0.15) is 0 Å². The number of halogens is 1. The van der Waals surface area contributed by atoms with Crippen molar-refractivity contribution >= 4 is 40.0 Å². The number of hydrogen-bond acceptors (Lipinski definition) is 3. The minimum atomic E-state index is -3.12. The van der Waals surface area contributed by atoms with Crippen LogP contribution in [0.25, 0.3) is 0 Å². The van der Waals surface area contributed by atoms with E-state index in [4.69, 9.17) is 0 Å². The highest BCUT2D eigenvalue weighted by molar-refractivity contribution is 14.0. The van der Waals surface area contributed by atoms with E-state index in [1.807, 2.05) is 0 Å². The summed E-state index contributed by atoms with van der Waals surface area (Å²) in [5, 5.41) is 6.39. The number of guanidine groups is 1. The van der Waals surface area contributed by atoms with Crippen LogP contribution < -0.4 is 15.4 Å². The molecule has 1 aliphatic carbocycles. The van der Waals surface area contributed by atoms with Crippen molar-refractivity contribution in [1.82, 2.24) is 15.4 Å². The molecule has 0 bridgehead atoms. The summed E-state index contributed by atoms with van der Waals surface area (Å²) >= 11 is 0. The van der Waals surface area contributed by atoms with Gasteiger partial charge in [-0.05, 0) is 24.7 Å². The van der Waals surface area contributed by atoms with E-state index in [2.05, 4.69) is 27.3 Å². The molecule has 0 aliphatic heterocycles. The molecule has 0 aromatic rings. The maximum atomic E-state index is 10.9. The predicted molar refractivity (Wildman–Crippen MR) is 103 cm³/mol. The topological polar surface area (TPSA) is 82.6 Å². The Kier molecular flexibility index (Phi) is 11.4. The van der Waals surface area contributed by atoms with E-state index in [9.17, 15) is 8.42 Å². The van der Waals surface area contributed by atoms with Crippen LogP contribution in [0.5, 0.6) is 0 Å². The van der Waals surface area contributed by atoms with Crippen molar-refractivity contribution in [3.63, 3.8) is 0 Å². The van der Waals surface area contributed by atoms with Crippen molar-refractivity contribution in [2.24, 2.45) is 16.8 Å². The molecule has 2 atom stereocenters. The summed E-state index contributed by atoms with van der Waals surface area (Å²) in [4.78, 5) is 4.14. The summed E-state index contributed by atoms with van der Waals surface area (Å²) in [7, 11) is -1.39. The zero-order valence-electron chi connectivity index (χ0n) is 13.9. The first-order chi connectivity index (χ1) is 9.90. The largest absolute Gasteiger partial charge is 0.356 e. The zero-order valence-corrected chi connectivity index (χ0v) is 17.0. The monoisotopic (exact) mass is 446 g/mol. The van der Waals surface area contributed by atoms with Gasteiger partial charge in [0.15, 0.2) is 5.96 Å². The summed E-state index contributed by atoms with van der Waals surface area (Å²) in [5.74, 6) is 2.42. The Balaban J connectivity index is 0.00000441. The molecular formula is C14H31IN4O2S. The van der Waals surface area contributed by atoms with Crippen molar-refractivity contribution < 1.29 is 8.42 Å². The average Bonchev–Trinajstić information content (AvgIpc) is 2.40. The van der Waals surface area contributed by atoms with Gasteiger partial charge < -0.3 is 10.6 Å². The van der Waals surface area contributed by atoms with Gasteiger partial charge in [0.2, 0.25) is 10.0 Å². The van der Waals surface area contributed by atoms with Gasteiger partial charge in [0.1, 0.15) is 0 Å². The lowest BCUT2D eigenvalue weighted by atomic mass is 9.81. The Morgan fingerprint density at radius 1 is 1.18 bits per heavy atom. The van der Waals surface area contributed by atoms with Crippen molar-refractivity contribution in [2.45, 2.75) is 39.0 Å². The lowest BCUT2D eigenvalue weighted by Crippen LogP contribution is -2.42. The van der Waals surface area contributed by atoms with E-state index in [0.717, 1.165) is 30.6 Å². The van der Waals surface area contributed by atoms with Crippen LogP contribution in [0.2, 0.25) is 0 Å². The molecule has 0 saturated heterocycles. The molecule has 132 valence electrons. The molecule has 0 aromatic carbocycles. The maximum Gasteiger partial charge on any atom is 0.208 e. The van der Waals surface area contributed by atoms with E-state index in [1.165, 1.54) is 32.1 Å². The van der Waals surface area contributed by atoms with Crippen LogP contribution in [0.4, 0.5) is 0 Å². The third kappa shape index (κ3) is 10.6. The van der Waals surface area contributed by atoms with Gasteiger partial charge in [0.05, 0.1) is 6.26 Å². The van der Waals surface area contributed by atoms with Crippen LogP contribution in [-0.2, 0) is 10.0 Å². The lowest BCUT2D eigenvalue weighted by Gasteiger charge is -2.26. The minimum absolute atomic E-state index is 0. The maximum absolute atomic E-state index is 10.9. The fourth-order valence-corrected chi connectivity index (χ4v) is 3.33. The van der Waals surface area contributed by atoms with Crippen molar-refractivity contribution in [1.29, 1.82) is 0 Å². The first kappa shape index (κ1) is 21.9. The lowest BCUT2D eigenvalue weighted by molar-refractivity contribution is 0.270. The SMILES string of the molecule is CN=C(NCCNS(C)(=O)=O)NCCC1CCCC(C)C1.I. The summed E-state index contributed by atoms with van der Waals surface area (Å²) in [5.41, 5.74) is 0. The number of nitrogens with zero attached hydrogens (tertiary/aromatic N) is 1. The molecule has 2 unspecified atom stereocenters. The highest BCUT2D eigenvalue weighted by atomic mass is 127. The number of rotatable bonds is 7. The average molecular weight is 446 g/mol. The smallest absolute Gasteiger partial charge is 0.208 e. The van der Waals surface area contributed by atoms with Gasteiger partial charge >= 0.3 is 0 Å². The number of sulfonamides is 1. The number of aliphatic imine (C=N–C) groups is 1. The highest BCUT2D eigenvalue weighted by Gasteiger charge is 2.18. The van der Waals surface area contributed by atoms with Gasteiger partial charge in [0, 0.05) is 26.7 Å². The second-order valence-corrected chi connectivity index (χ2v) is 7.85. The molecule has 8 heteroatoms. The third-order valence-corrected chi connectivity index (χ3v) is 4.62. The standard InChI is InChI=1S/C14H30N4O2S.HI/c1-12-5-4-6-13(11-12)7-8-16-14(15-2)17-9-10-18-21(3,19)20;/h12-13,18H,4-11H2,1-3H3,(H2,15,16,17);1H. The minimum Gasteiger partial charge on any atom is -0.356 e. The molecule has 22 heavy (non-hydrogen) atoms. The molecule has 1 aliphatic rings. The molecule has 0 aromatic heterocycles. The Morgan fingerprint density at radius 3 is 2.45 bits per heavy atom. The zero-order chi connectivity index (χ0) is 15.7. The van der Waals surface area contributed by atoms with Gasteiger partial charge in [-0.15, -0.1) is 24.0 Å². The second-order valence-electron chi connectivity index (χ2n) is 6.02. The summed E-state index contributed by atoms with van der Waals surface area (Å²) in [6, 6.07) is 0. The normalized spacial score (nSPS) is 22.8. The Labute approximate surface area is 152 Å². The Morgan fingerprint density at radius 2 is 1.86 bits per heavy atom. The Bertz CT molecular complexity index is 429. The molecule has 1 saturated carbocycles. The van der Waals surface area contributed by atoms with Crippen LogP contribution >= 0.6 is 24.0 Å². The van der Waals surface area contributed by atoms with E-state index in [-0.39, 0.29) is 24.0 Å².